The Morgan fingerprint density at radius 3 is 1.86 bits per heavy atom. The molecule has 29 heavy (non-hydrogen) atoms. The Balaban J connectivity index is 0.000000956. The van der Waals surface area contributed by atoms with E-state index in [2.05, 4.69) is 0 Å². The third kappa shape index (κ3) is 8.72. The molecule has 0 bridgehead atoms. The van der Waals surface area contributed by atoms with Gasteiger partial charge < -0.3 is 5.73 Å². The number of carbonyl (C=O) groups is 1. The van der Waals surface area contributed by atoms with Gasteiger partial charge in [-0.1, -0.05) is 31.4 Å². The van der Waals surface area contributed by atoms with E-state index >= 15 is 0 Å². The van der Waals surface area contributed by atoms with Gasteiger partial charge in [0, 0.05) is 23.9 Å². The Kier molecular flexibility index (Phi) is 11.5. The summed E-state index contributed by atoms with van der Waals surface area (Å²) in [6.45, 7) is 3.09. The van der Waals surface area contributed by atoms with Crippen molar-refractivity contribution in [3.05, 3.63) is 34.9 Å². The summed E-state index contributed by atoms with van der Waals surface area (Å²) in [6.07, 6.45) is 1.88. The number of rotatable bonds is 9. The van der Waals surface area contributed by atoms with Crippen LogP contribution in [0.15, 0.2) is 6.07 Å². The first-order valence-electron chi connectivity index (χ1n) is 8.94. The molecule has 0 radical (unpaired) electrons. The maximum Gasteiger partial charge on any atom is 0.386 e. The standard InChI is InChI=1S/C15H19F5NO.C2H7NO3S/c1-3-5-7-21(20,8-6-4-2)15(22)10-9-11(16)13(18)14(19)12(10)17;3-1-2-7(4,5)6/h9H,3-8H2,1-2H3;1-3H2,(H,4,5,6)/q+1;. The second kappa shape index (κ2) is 12.2. The Hall–Kier alpha value is -1.63. The molecular weight excluding hydrogens is 423 g/mol. The van der Waals surface area contributed by atoms with Crippen molar-refractivity contribution in [1.82, 2.24) is 0 Å². The monoisotopic (exact) mass is 449 g/mol. The van der Waals surface area contributed by atoms with Crippen LogP contribution in [0.3, 0.4) is 0 Å². The molecule has 0 aliphatic heterocycles. The molecule has 6 nitrogen and oxygen atoms in total. The number of amides is 1. The lowest BCUT2D eigenvalue weighted by Crippen LogP contribution is -2.47. The van der Waals surface area contributed by atoms with Gasteiger partial charge in [-0.25, -0.2) is 22.4 Å². The van der Waals surface area contributed by atoms with E-state index in [1.165, 1.54) is 0 Å². The lowest BCUT2D eigenvalue weighted by atomic mass is 10.1. The Bertz CT molecular complexity index is 783. The summed E-state index contributed by atoms with van der Waals surface area (Å²) < 4.78 is 93.6. The molecule has 0 aliphatic rings. The van der Waals surface area contributed by atoms with E-state index in [9.17, 15) is 35.3 Å². The quantitative estimate of drug-likeness (QED) is 0.198. The molecular formula is C17H26F5N2O4S+. The third-order valence-corrected chi connectivity index (χ3v) is 4.56. The van der Waals surface area contributed by atoms with Crippen LogP contribution in [0.4, 0.5) is 22.0 Å². The number of nitrogens with zero attached hydrogens (tertiary/aromatic N) is 1. The number of carbonyl (C=O) groups excluding carboxylic acids is 1. The average molecular weight is 449 g/mol. The van der Waals surface area contributed by atoms with Crippen LogP contribution >= 0.6 is 0 Å². The zero-order valence-electron chi connectivity index (χ0n) is 16.2. The predicted octanol–water partition coefficient (Wildman–Crippen LogP) is 3.52. The molecule has 1 amide bonds. The molecule has 0 fully saturated rings. The van der Waals surface area contributed by atoms with Crippen LogP contribution in [0, 0.1) is 23.3 Å². The van der Waals surface area contributed by atoms with E-state index in [1.54, 1.807) is 13.8 Å². The van der Waals surface area contributed by atoms with Crippen LogP contribution in [0.25, 0.3) is 0 Å². The maximum absolute atomic E-state index is 14.9. The number of hydrogen-bond donors (Lipinski definition) is 2. The molecule has 1 rings (SSSR count). The van der Waals surface area contributed by atoms with Crippen LogP contribution in [-0.2, 0) is 10.1 Å². The van der Waals surface area contributed by atoms with Gasteiger partial charge in [0.05, 0.1) is 5.75 Å². The van der Waals surface area contributed by atoms with Crippen LogP contribution in [0.2, 0.25) is 0 Å². The molecule has 168 valence electrons. The zero-order chi connectivity index (χ0) is 22.8. The average Bonchev–Trinajstić information content (AvgIpc) is 2.65. The highest BCUT2D eigenvalue weighted by Gasteiger charge is 2.41. The summed E-state index contributed by atoms with van der Waals surface area (Å²) in [5.74, 6) is -9.46. The third-order valence-electron chi connectivity index (χ3n) is 3.81. The van der Waals surface area contributed by atoms with E-state index in [1.807, 2.05) is 0 Å². The van der Waals surface area contributed by atoms with Gasteiger partial charge in [-0.2, -0.15) is 8.42 Å². The molecule has 0 saturated carbocycles. The number of unbranched alkanes of at least 4 members (excludes halogenated alkanes) is 2. The van der Waals surface area contributed by atoms with E-state index in [4.69, 9.17) is 10.3 Å². The van der Waals surface area contributed by atoms with E-state index < -0.39 is 49.6 Å². The lowest BCUT2D eigenvalue weighted by Gasteiger charge is -2.24. The fraction of sp³-hybridized carbons (Fsp3) is 0.588. The highest BCUT2D eigenvalue weighted by atomic mass is 32.2. The molecule has 0 unspecified atom stereocenters. The molecule has 1 aromatic rings. The Labute approximate surface area is 166 Å². The number of hydrogen-bond acceptors (Lipinski definition) is 4. The Morgan fingerprint density at radius 2 is 1.52 bits per heavy atom. The summed E-state index contributed by atoms with van der Waals surface area (Å²) in [6, 6.07) is 0.209. The molecule has 0 saturated heterocycles. The zero-order valence-corrected chi connectivity index (χ0v) is 17.0. The van der Waals surface area contributed by atoms with Gasteiger partial charge in [0.2, 0.25) is 0 Å². The first-order chi connectivity index (χ1) is 13.3. The van der Waals surface area contributed by atoms with Crippen LogP contribution < -0.4 is 5.73 Å². The first-order valence-corrected chi connectivity index (χ1v) is 10.5. The van der Waals surface area contributed by atoms with Crippen LogP contribution in [0.5, 0.6) is 0 Å². The van der Waals surface area contributed by atoms with Crippen molar-refractivity contribution < 1.29 is 44.5 Å². The molecule has 1 aromatic carbocycles. The molecule has 12 heteroatoms. The highest BCUT2D eigenvalue weighted by molar-refractivity contribution is 7.85. The fourth-order valence-electron chi connectivity index (χ4n) is 2.23. The summed E-state index contributed by atoms with van der Waals surface area (Å²) in [5, 5.41) is 0. The van der Waals surface area contributed by atoms with E-state index in [0.29, 0.717) is 25.7 Å². The summed E-state index contributed by atoms with van der Waals surface area (Å²) in [5.41, 5.74) is 3.67. The van der Waals surface area contributed by atoms with Crippen molar-refractivity contribution in [1.29, 1.82) is 0 Å². The highest BCUT2D eigenvalue weighted by Crippen LogP contribution is 2.25. The fourth-order valence-corrected chi connectivity index (χ4v) is 2.52. The SMILES string of the molecule is CCCC[N+](F)(CCCC)C(=O)c1cc(F)c(F)c(F)c1F.NCCS(=O)(=O)O. The molecule has 0 aliphatic carbocycles. The molecule has 0 atom stereocenters. The van der Waals surface area contributed by atoms with Crippen molar-refractivity contribution in [2.45, 2.75) is 39.5 Å². The van der Waals surface area contributed by atoms with Gasteiger partial charge in [0.25, 0.3) is 10.1 Å². The van der Waals surface area contributed by atoms with Crippen molar-refractivity contribution in [3.63, 3.8) is 0 Å². The number of nitrogens with two attached hydrogens (primary N) is 1. The van der Waals surface area contributed by atoms with Crippen LogP contribution in [0.1, 0.15) is 49.9 Å². The van der Waals surface area contributed by atoms with Crippen molar-refractivity contribution in [3.8, 4) is 0 Å². The number of benzene rings is 1. The van der Waals surface area contributed by atoms with E-state index in [-0.39, 0.29) is 31.5 Å². The van der Waals surface area contributed by atoms with Gasteiger partial charge >= 0.3 is 5.91 Å². The van der Waals surface area contributed by atoms with Gasteiger partial charge in [0.1, 0.15) is 18.7 Å². The van der Waals surface area contributed by atoms with Gasteiger partial charge in [-0.05, 0) is 6.07 Å². The molecule has 3 N–H and O–H groups in total. The van der Waals surface area contributed by atoms with Crippen molar-refractivity contribution in [2.24, 2.45) is 5.73 Å². The van der Waals surface area contributed by atoms with Crippen molar-refractivity contribution >= 4 is 16.0 Å². The number of halogens is 5. The lowest BCUT2D eigenvalue weighted by molar-refractivity contribution is -0.987. The normalized spacial score (nSPS) is 11.8. The van der Waals surface area contributed by atoms with Crippen LogP contribution in [-0.4, -0.2) is 49.0 Å². The minimum absolute atomic E-state index is 0.0289. The van der Waals surface area contributed by atoms with E-state index in [0.717, 1.165) is 0 Å². The van der Waals surface area contributed by atoms with Gasteiger partial charge in [-0.3, -0.25) is 4.55 Å². The predicted molar refractivity (Wildman–Crippen MR) is 97.0 cm³/mol. The molecule has 0 heterocycles. The van der Waals surface area contributed by atoms with Crippen molar-refractivity contribution in [2.75, 3.05) is 25.4 Å². The molecule has 0 spiro atoms. The largest absolute Gasteiger partial charge is 0.386 e. The smallest absolute Gasteiger partial charge is 0.329 e. The first kappa shape index (κ1) is 27.4. The summed E-state index contributed by atoms with van der Waals surface area (Å²) >= 11 is 0. The second-order valence-corrected chi connectivity index (χ2v) is 7.82. The summed E-state index contributed by atoms with van der Waals surface area (Å²) in [4.78, 5) is 12.2. The second-order valence-electron chi connectivity index (χ2n) is 6.25. The number of quaternary nitrogens is 1. The molecule has 0 aromatic heterocycles. The minimum atomic E-state index is -3.80. The van der Waals surface area contributed by atoms with Gasteiger partial charge in [-0.15, -0.1) is 0 Å². The Morgan fingerprint density at radius 1 is 1.03 bits per heavy atom. The summed E-state index contributed by atoms with van der Waals surface area (Å²) in [7, 11) is -3.80. The maximum atomic E-state index is 14.9. The minimum Gasteiger partial charge on any atom is -0.329 e. The topological polar surface area (TPSA) is 97.5 Å². The van der Waals surface area contributed by atoms with Gasteiger partial charge in [0.15, 0.2) is 23.3 Å².